The molecule has 0 atom stereocenters. The Morgan fingerprint density at radius 2 is 2.08 bits per heavy atom. The minimum atomic E-state index is -2.78. The van der Waals surface area contributed by atoms with Crippen LogP contribution in [-0.4, -0.2) is 6.61 Å². The third-order valence-corrected chi connectivity index (χ3v) is 3.59. The highest BCUT2D eigenvalue weighted by Crippen LogP contribution is 2.30. The lowest BCUT2D eigenvalue weighted by atomic mass is 10.3. The molecule has 1 nitrogen and oxygen atoms in total. The number of hydrogen-bond donors (Lipinski definition) is 0. The summed E-state index contributed by atoms with van der Waals surface area (Å²) in [6.45, 7) is -2.78. The van der Waals surface area contributed by atoms with Crippen LogP contribution in [0.2, 0.25) is 0 Å². The van der Waals surface area contributed by atoms with Crippen molar-refractivity contribution in [1.29, 1.82) is 0 Å². The third kappa shape index (κ3) is 2.55. The van der Waals surface area contributed by atoms with Gasteiger partial charge in [-0.05, 0) is 50.7 Å². The maximum Gasteiger partial charge on any atom is 0.387 e. The molecule has 66 valence electrons. The van der Waals surface area contributed by atoms with Gasteiger partial charge in [-0.25, -0.2) is 0 Å². The van der Waals surface area contributed by atoms with Gasteiger partial charge in [0.15, 0.2) is 0 Å². The van der Waals surface area contributed by atoms with Crippen LogP contribution in [0.15, 0.2) is 22.7 Å². The summed E-state index contributed by atoms with van der Waals surface area (Å²) in [6.07, 6.45) is 0. The van der Waals surface area contributed by atoms with Crippen LogP contribution in [0.1, 0.15) is 0 Å². The van der Waals surface area contributed by atoms with Crippen LogP contribution in [0.4, 0.5) is 8.78 Å². The van der Waals surface area contributed by atoms with E-state index in [-0.39, 0.29) is 5.75 Å². The summed E-state index contributed by atoms with van der Waals surface area (Å²) >= 11 is 5.17. The van der Waals surface area contributed by atoms with Gasteiger partial charge in [0.05, 0.1) is 4.47 Å². The van der Waals surface area contributed by atoms with Gasteiger partial charge in [0.25, 0.3) is 0 Å². The van der Waals surface area contributed by atoms with Crippen LogP contribution < -0.4 is 4.74 Å². The second kappa shape index (κ2) is 4.36. The Bertz CT molecular complexity index is 280. The zero-order valence-electron chi connectivity index (χ0n) is 5.73. The minimum absolute atomic E-state index is 0.164. The topological polar surface area (TPSA) is 9.23 Å². The van der Waals surface area contributed by atoms with Gasteiger partial charge in [-0.1, -0.05) is 6.07 Å². The van der Waals surface area contributed by atoms with Crippen molar-refractivity contribution >= 4 is 38.5 Å². The highest BCUT2D eigenvalue weighted by atomic mass is 127. The van der Waals surface area contributed by atoms with Crippen LogP contribution in [0.5, 0.6) is 5.75 Å². The molecule has 0 unspecified atom stereocenters. The fourth-order valence-corrected chi connectivity index (χ4v) is 1.50. The second-order valence-corrected chi connectivity index (χ2v) is 3.89. The Balaban J connectivity index is 2.92. The van der Waals surface area contributed by atoms with Crippen LogP contribution >= 0.6 is 38.5 Å². The van der Waals surface area contributed by atoms with E-state index in [0.717, 1.165) is 3.57 Å². The van der Waals surface area contributed by atoms with Crippen LogP contribution in [0, 0.1) is 3.57 Å². The van der Waals surface area contributed by atoms with Gasteiger partial charge >= 0.3 is 6.61 Å². The summed E-state index contributed by atoms with van der Waals surface area (Å²) in [4.78, 5) is 0. The second-order valence-electron chi connectivity index (χ2n) is 1.93. The molecular weight excluding hydrogens is 345 g/mol. The van der Waals surface area contributed by atoms with Crippen molar-refractivity contribution in [2.45, 2.75) is 6.61 Å². The minimum Gasteiger partial charge on any atom is -0.434 e. The molecular formula is C7H4BrF2IO. The Morgan fingerprint density at radius 3 is 2.67 bits per heavy atom. The lowest BCUT2D eigenvalue weighted by Crippen LogP contribution is -2.02. The number of ether oxygens (including phenoxy) is 1. The van der Waals surface area contributed by atoms with Gasteiger partial charge in [-0.3, -0.25) is 0 Å². The zero-order valence-corrected chi connectivity index (χ0v) is 9.47. The van der Waals surface area contributed by atoms with E-state index in [1.54, 1.807) is 12.1 Å². The standard InChI is InChI=1S/C7H4BrF2IO/c8-6-4(11)2-1-3-5(6)12-7(9)10/h1-3,7H. The van der Waals surface area contributed by atoms with E-state index < -0.39 is 6.61 Å². The molecule has 12 heavy (non-hydrogen) atoms. The molecule has 0 fully saturated rings. The first-order valence-electron chi connectivity index (χ1n) is 3.00. The largest absolute Gasteiger partial charge is 0.434 e. The fourth-order valence-electron chi connectivity index (χ4n) is 0.671. The molecule has 5 heteroatoms. The number of benzene rings is 1. The molecule has 0 aromatic heterocycles. The number of rotatable bonds is 2. The predicted molar refractivity (Wildman–Crippen MR) is 53.5 cm³/mol. The number of halogens is 4. The molecule has 0 saturated carbocycles. The molecule has 1 rings (SSSR count). The van der Waals surface area contributed by atoms with Crippen molar-refractivity contribution in [1.82, 2.24) is 0 Å². The van der Waals surface area contributed by atoms with Crippen LogP contribution in [-0.2, 0) is 0 Å². The van der Waals surface area contributed by atoms with Crippen molar-refractivity contribution in [3.63, 3.8) is 0 Å². The zero-order chi connectivity index (χ0) is 9.14. The molecule has 0 saturated heterocycles. The molecule has 0 amide bonds. The van der Waals surface area contributed by atoms with E-state index in [4.69, 9.17) is 0 Å². The molecule has 0 bridgehead atoms. The summed E-state index contributed by atoms with van der Waals surface area (Å²) < 4.78 is 29.2. The summed E-state index contributed by atoms with van der Waals surface area (Å²) in [7, 11) is 0. The van der Waals surface area contributed by atoms with E-state index in [1.165, 1.54) is 6.07 Å². The average Bonchev–Trinajstić information content (AvgIpc) is 1.98. The van der Waals surface area contributed by atoms with E-state index >= 15 is 0 Å². The summed E-state index contributed by atoms with van der Waals surface area (Å²) in [6, 6.07) is 4.94. The Labute approximate surface area is 90.4 Å². The monoisotopic (exact) mass is 348 g/mol. The highest BCUT2D eigenvalue weighted by Gasteiger charge is 2.09. The number of hydrogen-bond acceptors (Lipinski definition) is 1. The summed E-state index contributed by atoms with van der Waals surface area (Å²) in [5, 5.41) is 0. The molecule has 0 aliphatic heterocycles. The Hall–Kier alpha value is 0.0900. The Morgan fingerprint density at radius 1 is 1.42 bits per heavy atom. The van der Waals surface area contributed by atoms with Crippen molar-refractivity contribution < 1.29 is 13.5 Å². The molecule has 0 N–H and O–H groups in total. The first-order chi connectivity index (χ1) is 5.61. The van der Waals surface area contributed by atoms with Gasteiger partial charge in [0.2, 0.25) is 0 Å². The van der Waals surface area contributed by atoms with Gasteiger partial charge < -0.3 is 4.74 Å². The third-order valence-electron chi connectivity index (χ3n) is 1.13. The maximum absolute atomic E-state index is 11.8. The van der Waals surface area contributed by atoms with Gasteiger partial charge in [-0.2, -0.15) is 8.78 Å². The average molecular weight is 349 g/mol. The summed E-state index contributed by atoms with van der Waals surface area (Å²) in [5.74, 6) is 0.164. The lowest BCUT2D eigenvalue weighted by molar-refractivity contribution is -0.0504. The molecule has 1 aromatic rings. The van der Waals surface area contributed by atoms with Gasteiger partial charge in [0, 0.05) is 3.57 Å². The van der Waals surface area contributed by atoms with Crippen molar-refractivity contribution in [3.05, 3.63) is 26.2 Å². The fraction of sp³-hybridized carbons (Fsp3) is 0.143. The molecule has 0 aliphatic rings. The van der Waals surface area contributed by atoms with Crippen LogP contribution in [0.3, 0.4) is 0 Å². The van der Waals surface area contributed by atoms with Crippen molar-refractivity contribution in [2.75, 3.05) is 0 Å². The molecule has 0 aliphatic carbocycles. The van der Waals surface area contributed by atoms with Crippen molar-refractivity contribution in [2.24, 2.45) is 0 Å². The smallest absolute Gasteiger partial charge is 0.387 e. The van der Waals surface area contributed by atoms with Gasteiger partial charge in [0.1, 0.15) is 5.75 Å². The van der Waals surface area contributed by atoms with Crippen molar-refractivity contribution in [3.8, 4) is 5.75 Å². The first-order valence-corrected chi connectivity index (χ1v) is 4.87. The first kappa shape index (κ1) is 10.2. The Kier molecular flexibility index (Phi) is 3.70. The van der Waals surface area contributed by atoms with Gasteiger partial charge in [-0.15, -0.1) is 0 Å². The van der Waals surface area contributed by atoms with E-state index in [0.29, 0.717) is 4.47 Å². The van der Waals surface area contributed by atoms with E-state index in [2.05, 4.69) is 20.7 Å². The molecule has 0 radical (unpaired) electrons. The quantitative estimate of drug-likeness (QED) is 0.741. The highest BCUT2D eigenvalue weighted by molar-refractivity contribution is 14.1. The summed E-state index contributed by atoms with van der Waals surface area (Å²) in [5.41, 5.74) is 0. The molecule has 1 aromatic carbocycles. The van der Waals surface area contributed by atoms with E-state index in [1.807, 2.05) is 22.6 Å². The number of alkyl halides is 2. The lowest BCUT2D eigenvalue weighted by Gasteiger charge is -2.06. The van der Waals surface area contributed by atoms with E-state index in [9.17, 15) is 8.78 Å². The maximum atomic E-state index is 11.8. The predicted octanol–water partition coefficient (Wildman–Crippen LogP) is 3.66. The van der Waals surface area contributed by atoms with Crippen LogP contribution in [0.25, 0.3) is 0 Å². The molecule has 0 spiro atoms. The SMILES string of the molecule is FC(F)Oc1cccc(I)c1Br. The molecule has 0 heterocycles. The normalized spacial score (nSPS) is 10.4.